The quantitative estimate of drug-likeness (QED) is 0.454. The van der Waals surface area contributed by atoms with Crippen LogP contribution >= 0.6 is 11.6 Å². The van der Waals surface area contributed by atoms with Crippen LogP contribution in [0.1, 0.15) is 35.7 Å². The van der Waals surface area contributed by atoms with Gasteiger partial charge in [-0.3, -0.25) is 9.55 Å². The van der Waals surface area contributed by atoms with E-state index in [1.807, 2.05) is 0 Å². The fourth-order valence-corrected chi connectivity index (χ4v) is 3.12. The van der Waals surface area contributed by atoms with E-state index in [1.165, 1.54) is 25.3 Å². The molecule has 2 aromatic heterocycles. The fraction of sp³-hybridized carbons (Fsp3) is 0.238. The van der Waals surface area contributed by atoms with Crippen LogP contribution in [0.15, 0.2) is 35.3 Å². The number of benzene rings is 1. The van der Waals surface area contributed by atoms with Crippen LogP contribution in [-0.2, 0) is 6.54 Å². The summed E-state index contributed by atoms with van der Waals surface area (Å²) in [5.74, 6) is -5.64. The number of halogens is 6. The SMILES string of the molecule is CCn1c(C(=O)O)nn(-c2cc(O[C@@H](C)C(F)(F)F)c(/C(F)=C/c3ncccc3Cl)cc2F)c1=O. The lowest BCUT2D eigenvalue weighted by atomic mass is 10.1. The molecular formula is C21H16ClF5N4O4. The predicted octanol–water partition coefficient (Wildman–Crippen LogP) is 4.74. The van der Waals surface area contributed by atoms with Gasteiger partial charge in [-0.25, -0.2) is 18.4 Å². The molecule has 2 heterocycles. The van der Waals surface area contributed by atoms with Crippen molar-refractivity contribution < 1.29 is 36.6 Å². The van der Waals surface area contributed by atoms with E-state index >= 15 is 8.78 Å². The highest BCUT2D eigenvalue weighted by Gasteiger charge is 2.39. The third kappa shape index (κ3) is 5.34. The summed E-state index contributed by atoms with van der Waals surface area (Å²) in [6.45, 7) is 1.93. The van der Waals surface area contributed by atoms with Crippen LogP contribution in [0.2, 0.25) is 5.02 Å². The second-order valence-electron chi connectivity index (χ2n) is 7.03. The number of ether oxygens (including phenoxy) is 1. The average Bonchev–Trinajstić information content (AvgIpc) is 3.11. The summed E-state index contributed by atoms with van der Waals surface area (Å²) in [5.41, 5.74) is -2.65. The maximum absolute atomic E-state index is 15.1. The predicted molar refractivity (Wildman–Crippen MR) is 115 cm³/mol. The van der Waals surface area contributed by atoms with Gasteiger partial charge in [0.15, 0.2) is 6.10 Å². The lowest BCUT2D eigenvalue weighted by Crippen LogP contribution is -2.31. The van der Waals surface area contributed by atoms with Crippen molar-refractivity contribution in [2.24, 2.45) is 0 Å². The van der Waals surface area contributed by atoms with Crippen molar-refractivity contribution in [3.63, 3.8) is 0 Å². The monoisotopic (exact) mass is 518 g/mol. The topological polar surface area (TPSA) is 99.2 Å². The van der Waals surface area contributed by atoms with E-state index < -0.39 is 58.4 Å². The summed E-state index contributed by atoms with van der Waals surface area (Å²) in [7, 11) is 0. The number of carboxylic acids is 1. The summed E-state index contributed by atoms with van der Waals surface area (Å²) in [6, 6.07) is 3.97. The van der Waals surface area contributed by atoms with Gasteiger partial charge < -0.3 is 9.84 Å². The molecule has 1 aromatic carbocycles. The van der Waals surface area contributed by atoms with Gasteiger partial charge in [0.2, 0.25) is 5.82 Å². The van der Waals surface area contributed by atoms with Crippen molar-refractivity contribution in [2.45, 2.75) is 32.7 Å². The Balaban J connectivity index is 2.24. The van der Waals surface area contributed by atoms with E-state index in [-0.39, 0.29) is 17.3 Å². The molecule has 0 bridgehead atoms. The highest BCUT2D eigenvalue weighted by molar-refractivity contribution is 6.32. The number of hydrogen-bond donors (Lipinski definition) is 1. The normalized spacial score (nSPS) is 13.1. The molecule has 0 aliphatic carbocycles. The van der Waals surface area contributed by atoms with Crippen LogP contribution < -0.4 is 10.4 Å². The molecular weight excluding hydrogens is 503 g/mol. The largest absolute Gasteiger partial charge is 0.480 e. The number of rotatable bonds is 7. The smallest absolute Gasteiger partial charge is 0.425 e. The maximum atomic E-state index is 15.1. The standard InChI is InChI=1S/C21H16ClF5N4O4/c1-3-30-18(19(32)33)29-31(20(30)34)16-9-17(35-10(2)21(25,26)27)11(7-14(16)24)13(23)8-15-12(22)5-4-6-28-15/h4-10H,3H2,1-2H3,(H,32,33)/b13-8-/t10-/m0/s1. The Hall–Kier alpha value is -3.74. The molecule has 0 fully saturated rings. The lowest BCUT2D eigenvalue weighted by Gasteiger charge is -2.20. The number of pyridine rings is 1. The van der Waals surface area contributed by atoms with Gasteiger partial charge in [-0.2, -0.15) is 17.9 Å². The summed E-state index contributed by atoms with van der Waals surface area (Å²) in [6.07, 6.45) is -5.27. The van der Waals surface area contributed by atoms with Crippen LogP contribution in [-0.4, -0.2) is 42.7 Å². The third-order valence-electron chi connectivity index (χ3n) is 4.72. The summed E-state index contributed by atoms with van der Waals surface area (Å²) < 4.78 is 75.5. The average molecular weight is 519 g/mol. The maximum Gasteiger partial charge on any atom is 0.425 e. The Kier molecular flexibility index (Phi) is 7.29. The molecule has 1 N–H and O–H groups in total. The van der Waals surface area contributed by atoms with Gasteiger partial charge >= 0.3 is 17.8 Å². The zero-order chi connectivity index (χ0) is 26.1. The number of alkyl halides is 3. The number of aromatic carboxylic acids is 1. The van der Waals surface area contributed by atoms with Gasteiger partial charge in [0.1, 0.15) is 23.1 Å². The lowest BCUT2D eigenvalue weighted by molar-refractivity contribution is -0.189. The number of carbonyl (C=O) groups is 1. The molecule has 1 atom stereocenters. The van der Waals surface area contributed by atoms with E-state index in [9.17, 15) is 27.9 Å². The van der Waals surface area contributed by atoms with Crippen LogP contribution in [0.3, 0.4) is 0 Å². The van der Waals surface area contributed by atoms with Crippen molar-refractivity contribution in [1.29, 1.82) is 0 Å². The van der Waals surface area contributed by atoms with Crippen molar-refractivity contribution in [3.05, 3.63) is 68.9 Å². The van der Waals surface area contributed by atoms with Crippen molar-refractivity contribution in [3.8, 4) is 11.4 Å². The molecule has 0 amide bonds. The first-order valence-corrected chi connectivity index (χ1v) is 10.2. The summed E-state index contributed by atoms with van der Waals surface area (Å²) in [4.78, 5) is 27.8. The Morgan fingerprint density at radius 2 is 2.03 bits per heavy atom. The molecule has 35 heavy (non-hydrogen) atoms. The molecule has 0 spiro atoms. The first kappa shape index (κ1) is 25.9. The first-order chi connectivity index (χ1) is 16.3. The van der Waals surface area contributed by atoms with E-state index in [1.54, 1.807) is 0 Å². The van der Waals surface area contributed by atoms with Gasteiger partial charge in [-0.05, 0) is 32.0 Å². The number of nitrogens with zero attached hydrogens (tertiary/aromatic N) is 4. The molecule has 8 nitrogen and oxygen atoms in total. The second-order valence-corrected chi connectivity index (χ2v) is 7.44. The Morgan fingerprint density at radius 3 is 2.57 bits per heavy atom. The zero-order valence-electron chi connectivity index (χ0n) is 18.0. The zero-order valence-corrected chi connectivity index (χ0v) is 18.7. The van der Waals surface area contributed by atoms with E-state index in [0.29, 0.717) is 28.3 Å². The van der Waals surface area contributed by atoms with Gasteiger partial charge in [-0.1, -0.05) is 11.6 Å². The summed E-state index contributed by atoms with van der Waals surface area (Å²) in [5, 5.41) is 12.8. The highest BCUT2D eigenvalue weighted by atomic mass is 35.5. The van der Waals surface area contributed by atoms with Crippen LogP contribution in [0.25, 0.3) is 17.6 Å². The number of hydrogen-bond acceptors (Lipinski definition) is 5. The van der Waals surface area contributed by atoms with Crippen LogP contribution in [0.5, 0.6) is 5.75 Å². The van der Waals surface area contributed by atoms with Gasteiger partial charge in [0, 0.05) is 24.9 Å². The van der Waals surface area contributed by atoms with E-state index in [0.717, 1.165) is 6.08 Å². The van der Waals surface area contributed by atoms with E-state index in [2.05, 4.69) is 10.1 Å². The minimum atomic E-state index is -4.87. The van der Waals surface area contributed by atoms with Crippen LogP contribution in [0, 0.1) is 5.82 Å². The first-order valence-electron chi connectivity index (χ1n) is 9.83. The molecule has 3 aromatic rings. The molecule has 0 saturated heterocycles. The third-order valence-corrected chi connectivity index (χ3v) is 5.04. The van der Waals surface area contributed by atoms with E-state index in [4.69, 9.17) is 16.3 Å². The second kappa shape index (κ2) is 9.86. The van der Waals surface area contributed by atoms with Crippen molar-refractivity contribution >= 4 is 29.5 Å². The molecule has 0 unspecified atom stereocenters. The van der Waals surface area contributed by atoms with Crippen LogP contribution in [0.4, 0.5) is 22.0 Å². The molecule has 0 aliphatic heterocycles. The van der Waals surface area contributed by atoms with Crippen molar-refractivity contribution in [2.75, 3.05) is 0 Å². The van der Waals surface area contributed by atoms with Gasteiger partial charge in [0.25, 0.3) is 0 Å². The molecule has 0 aliphatic rings. The number of aromatic nitrogens is 4. The molecule has 0 saturated carbocycles. The molecule has 14 heteroatoms. The Bertz CT molecular complexity index is 1370. The summed E-state index contributed by atoms with van der Waals surface area (Å²) >= 11 is 5.93. The highest BCUT2D eigenvalue weighted by Crippen LogP contribution is 2.35. The van der Waals surface area contributed by atoms with Crippen molar-refractivity contribution in [1.82, 2.24) is 19.3 Å². The Labute approximate surface area is 198 Å². The Morgan fingerprint density at radius 1 is 1.34 bits per heavy atom. The molecule has 186 valence electrons. The molecule has 3 rings (SSSR count). The minimum Gasteiger partial charge on any atom is -0.480 e. The van der Waals surface area contributed by atoms with Gasteiger partial charge in [0.05, 0.1) is 16.3 Å². The number of carboxylic acid groups (broad SMARTS) is 1. The van der Waals surface area contributed by atoms with Gasteiger partial charge in [-0.15, -0.1) is 5.10 Å². The minimum absolute atomic E-state index is 0.0173. The fourth-order valence-electron chi connectivity index (χ4n) is 2.94. The molecule has 0 radical (unpaired) electrons.